The number of halogens is 1. The van der Waals surface area contributed by atoms with Crippen LogP contribution in [0, 0.1) is 5.82 Å². The second-order valence-corrected chi connectivity index (χ2v) is 4.91. The molecule has 0 aliphatic heterocycles. The van der Waals surface area contributed by atoms with Crippen LogP contribution in [0.3, 0.4) is 0 Å². The van der Waals surface area contributed by atoms with Crippen LogP contribution in [-0.2, 0) is 0 Å². The SMILES string of the molecule is CCCC(O)CNC(=O)NC(C)c1ccc(F)c(OC)c1. The number of carbonyl (C=O) groups excluding carboxylic acids is 1. The Morgan fingerprint density at radius 1 is 1.48 bits per heavy atom. The normalized spacial score (nSPS) is 13.4. The molecule has 2 amide bonds. The first-order valence-corrected chi connectivity index (χ1v) is 7.03. The molecule has 0 saturated heterocycles. The zero-order chi connectivity index (χ0) is 15.8. The molecule has 0 aliphatic carbocycles. The van der Waals surface area contributed by atoms with E-state index in [0.717, 1.165) is 12.0 Å². The van der Waals surface area contributed by atoms with Crippen molar-refractivity contribution in [1.29, 1.82) is 0 Å². The monoisotopic (exact) mass is 298 g/mol. The maximum Gasteiger partial charge on any atom is 0.315 e. The van der Waals surface area contributed by atoms with E-state index >= 15 is 0 Å². The summed E-state index contributed by atoms with van der Waals surface area (Å²) in [4.78, 5) is 11.7. The van der Waals surface area contributed by atoms with Crippen LogP contribution < -0.4 is 15.4 Å². The highest BCUT2D eigenvalue weighted by molar-refractivity contribution is 5.74. The van der Waals surface area contributed by atoms with Gasteiger partial charge in [0.2, 0.25) is 0 Å². The standard InChI is InChI=1S/C15H23FN2O3/c1-4-5-12(19)9-17-15(20)18-10(2)11-6-7-13(16)14(8-11)21-3/h6-8,10,12,19H,4-5,9H2,1-3H3,(H2,17,18,20). The average molecular weight is 298 g/mol. The van der Waals surface area contributed by atoms with Crippen molar-refractivity contribution in [1.82, 2.24) is 10.6 Å². The first kappa shape index (κ1) is 17.2. The van der Waals surface area contributed by atoms with Crippen molar-refractivity contribution in [2.75, 3.05) is 13.7 Å². The molecule has 3 N–H and O–H groups in total. The minimum absolute atomic E-state index is 0.139. The number of nitrogens with one attached hydrogen (secondary N) is 2. The van der Waals surface area contributed by atoms with Gasteiger partial charge in [-0.1, -0.05) is 19.4 Å². The lowest BCUT2D eigenvalue weighted by Crippen LogP contribution is -2.40. The molecule has 21 heavy (non-hydrogen) atoms. The van der Waals surface area contributed by atoms with E-state index < -0.39 is 11.9 Å². The Balaban J connectivity index is 2.52. The predicted octanol–water partition coefficient (Wildman–Crippen LogP) is 2.36. The summed E-state index contributed by atoms with van der Waals surface area (Å²) in [6.07, 6.45) is 0.961. The zero-order valence-corrected chi connectivity index (χ0v) is 12.6. The Labute approximate surface area is 124 Å². The van der Waals surface area contributed by atoms with Gasteiger partial charge in [0, 0.05) is 6.54 Å². The van der Waals surface area contributed by atoms with Gasteiger partial charge in [0.05, 0.1) is 19.3 Å². The first-order valence-electron chi connectivity index (χ1n) is 7.03. The summed E-state index contributed by atoms with van der Waals surface area (Å²) >= 11 is 0. The lowest BCUT2D eigenvalue weighted by atomic mass is 10.1. The largest absolute Gasteiger partial charge is 0.494 e. The number of urea groups is 1. The zero-order valence-electron chi connectivity index (χ0n) is 12.6. The number of ether oxygens (including phenoxy) is 1. The molecule has 2 unspecified atom stereocenters. The third kappa shape index (κ3) is 5.59. The van der Waals surface area contributed by atoms with Crippen LogP contribution in [-0.4, -0.2) is 30.9 Å². The number of aliphatic hydroxyl groups excluding tert-OH is 1. The van der Waals surface area contributed by atoms with Gasteiger partial charge < -0.3 is 20.5 Å². The minimum atomic E-state index is -0.540. The first-order chi connectivity index (χ1) is 9.97. The third-order valence-corrected chi connectivity index (χ3v) is 3.14. The van der Waals surface area contributed by atoms with E-state index in [1.54, 1.807) is 19.1 Å². The number of rotatable bonds is 7. The number of amides is 2. The molecule has 6 heteroatoms. The van der Waals surface area contributed by atoms with E-state index in [1.807, 2.05) is 6.92 Å². The maximum atomic E-state index is 13.3. The molecule has 0 bridgehead atoms. The van der Waals surface area contributed by atoms with Gasteiger partial charge in [0.15, 0.2) is 11.6 Å². The summed E-state index contributed by atoms with van der Waals surface area (Å²) in [6, 6.07) is 3.76. The maximum absolute atomic E-state index is 13.3. The molecule has 1 aromatic rings. The molecule has 0 fully saturated rings. The van der Waals surface area contributed by atoms with Crippen molar-refractivity contribution in [3.8, 4) is 5.75 Å². The highest BCUT2D eigenvalue weighted by atomic mass is 19.1. The quantitative estimate of drug-likeness (QED) is 0.723. The number of hydrogen-bond acceptors (Lipinski definition) is 3. The van der Waals surface area contributed by atoms with Crippen molar-refractivity contribution in [3.05, 3.63) is 29.6 Å². The van der Waals surface area contributed by atoms with Crippen LogP contribution in [0.5, 0.6) is 5.75 Å². The molecular formula is C15H23FN2O3. The molecule has 1 aromatic carbocycles. The second kappa shape index (κ2) is 8.46. The van der Waals surface area contributed by atoms with Crippen LogP contribution in [0.4, 0.5) is 9.18 Å². The van der Waals surface area contributed by atoms with Gasteiger partial charge in [-0.2, -0.15) is 0 Å². The molecule has 0 heterocycles. The minimum Gasteiger partial charge on any atom is -0.494 e. The number of aliphatic hydroxyl groups is 1. The summed E-state index contributed by atoms with van der Waals surface area (Å²) in [5.41, 5.74) is 0.734. The number of hydrogen-bond donors (Lipinski definition) is 3. The molecule has 2 atom stereocenters. The summed E-state index contributed by atoms with van der Waals surface area (Å²) in [5.74, 6) is -0.305. The highest BCUT2D eigenvalue weighted by Gasteiger charge is 2.13. The molecule has 1 rings (SSSR count). The van der Waals surface area contributed by atoms with Crippen LogP contribution in [0.25, 0.3) is 0 Å². The van der Waals surface area contributed by atoms with Gasteiger partial charge in [-0.25, -0.2) is 9.18 Å². The van der Waals surface area contributed by atoms with Gasteiger partial charge in [-0.3, -0.25) is 0 Å². The second-order valence-electron chi connectivity index (χ2n) is 4.91. The topological polar surface area (TPSA) is 70.6 Å². The van der Waals surface area contributed by atoms with E-state index in [1.165, 1.54) is 13.2 Å². The lowest BCUT2D eigenvalue weighted by Gasteiger charge is -2.17. The molecule has 0 radical (unpaired) electrons. The van der Waals surface area contributed by atoms with Crippen molar-refractivity contribution in [3.63, 3.8) is 0 Å². The average Bonchev–Trinajstić information content (AvgIpc) is 2.46. The Morgan fingerprint density at radius 2 is 2.19 bits per heavy atom. The highest BCUT2D eigenvalue weighted by Crippen LogP contribution is 2.22. The van der Waals surface area contributed by atoms with Gasteiger partial charge in [0.25, 0.3) is 0 Å². The van der Waals surface area contributed by atoms with Gasteiger partial charge in [-0.05, 0) is 31.0 Å². The number of carbonyl (C=O) groups is 1. The Bertz CT molecular complexity index is 468. The lowest BCUT2D eigenvalue weighted by molar-refractivity contribution is 0.160. The summed E-state index contributed by atoms with van der Waals surface area (Å²) in [5, 5.41) is 14.9. The Kier molecular flexibility index (Phi) is 6.94. The fourth-order valence-electron chi connectivity index (χ4n) is 1.92. The molecule has 0 spiro atoms. The van der Waals surface area contributed by atoms with Crippen LogP contribution >= 0.6 is 0 Å². The summed E-state index contributed by atoms with van der Waals surface area (Å²) in [7, 11) is 1.39. The van der Waals surface area contributed by atoms with Gasteiger partial charge >= 0.3 is 6.03 Å². The van der Waals surface area contributed by atoms with Crippen molar-refractivity contribution >= 4 is 6.03 Å². The van der Waals surface area contributed by atoms with Gasteiger partial charge in [-0.15, -0.1) is 0 Å². The fraction of sp³-hybridized carbons (Fsp3) is 0.533. The molecule has 0 aromatic heterocycles. The predicted molar refractivity (Wildman–Crippen MR) is 78.8 cm³/mol. The van der Waals surface area contributed by atoms with E-state index in [0.29, 0.717) is 6.42 Å². The van der Waals surface area contributed by atoms with Crippen LogP contribution in [0.1, 0.15) is 38.3 Å². The Hall–Kier alpha value is -1.82. The number of methoxy groups -OCH3 is 1. The molecule has 5 nitrogen and oxygen atoms in total. The van der Waals surface area contributed by atoms with E-state index in [-0.39, 0.29) is 24.4 Å². The molecule has 118 valence electrons. The van der Waals surface area contributed by atoms with Crippen LogP contribution in [0.2, 0.25) is 0 Å². The third-order valence-electron chi connectivity index (χ3n) is 3.14. The summed E-state index contributed by atoms with van der Waals surface area (Å²) < 4.78 is 18.2. The smallest absolute Gasteiger partial charge is 0.315 e. The van der Waals surface area contributed by atoms with Crippen molar-refractivity contribution in [2.45, 2.75) is 38.8 Å². The van der Waals surface area contributed by atoms with E-state index in [2.05, 4.69) is 10.6 Å². The van der Waals surface area contributed by atoms with Crippen LogP contribution in [0.15, 0.2) is 18.2 Å². The number of benzene rings is 1. The van der Waals surface area contributed by atoms with Gasteiger partial charge in [0.1, 0.15) is 0 Å². The molecular weight excluding hydrogens is 275 g/mol. The van der Waals surface area contributed by atoms with Crippen molar-refractivity contribution in [2.24, 2.45) is 0 Å². The molecule has 0 saturated carbocycles. The van der Waals surface area contributed by atoms with Crippen molar-refractivity contribution < 1.29 is 19.0 Å². The fourth-order valence-corrected chi connectivity index (χ4v) is 1.92. The van der Waals surface area contributed by atoms with E-state index in [9.17, 15) is 14.3 Å². The Morgan fingerprint density at radius 3 is 2.81 bits per heavy atom. The summed E-state index contributed by atoms with van der Waals surface area (Å²) in [6.45, 7) is 3.96. The van der Waals surface area contributed by atoms with E-state index in [4.69, 9.17) is 4.74 Å². The molecule has 0 aliphatic rings.